The van der Waals surface area contributed by atoms with E-state index in [2.05, 4.69) is 9.97 Å². The van der Waals surface area contributed by atoms with Gasteiger partial charge in [-0.2, -0.15) is 0 Å². The quantitative estimate of drug-likeness (QED) is 0.693. The van der Waals surface area contributed by atoms with Gasteiger partial charge in [-0.25, -0.2) is 9.97 Å². The summed E-state index contributed by atoms with van der Waals surface area (Å²) >= 11 is 6.31. The van der Waals surface area contributed by atoms with Crippen molar-refractivity contribution in [2.75, 3.05) is 0 Å². The predicted molar refractivity (Wildman–Crippen MR) is 84.2 cm³/mol. The maximum absolute atomic E-state index is 11.6. The second-order valence-corrected chi connectivity index (χ2v) is 5.26. The van der Waals surface area contributed by atoms with Crippen LogP contribution >= 0.6 is 11.6 Å². The SMILES string of the molecule is CCc1ncc2cc(-c3c(C)cccc3Cl)n(C=O)c2n1. The lowest BCUT2D eigenvalue weighted by atomic mass is 10.1. The monoisotopic (exact) mass is 299 g/mol. The van der Waals surface area contributed by atoms with Crippen LogP contribution in [0.15, 0.2) is 30.5 Å². The number of nitrogens with zero attached hydrogens (tertiary/aromatic N) is 3. The van der Waals surface area contributed by atoms with Crippen LogP contribution in [-0.2, 0) is 11.2 Å². The predicted octanol–water partition coefficient (Wildman–Crippen LogP) is 3.66. The van der Waals surface area contributed by atoms with Crippen LogP contribution in [0.25, 0.3) is 22.3 Å². The summed E-state index contributed by atoms with van der Waals surface area (Å²) in [5, 5.41) is 1.44. The van der Waals surface area contributed by atoms with Gasteiger partial charge >= 0.3 is 0 Å². The van der Waals surface area contributed by atoms with Crippen LogP contribution < -0.4 is 0 Å². The Balaban J connectivity index is 2.35. The van der Waals surface area contributed by atoms with Crippen molar-refractivity contribution in [3.63, 3.8) is 0 Å². The average molecular weight is 300 g/mol. The highest BCUT2D eigenvalue weighted by atomic mass is 35.5. The highest BCUT2D eigenvalue weighted by Gasteiger charge is 2.16. The minimum Gasteiger partial charge on any atom is -0.278 e. The summed E-state index contributed by atoms with van der Waals surface area (Å²) in [4.78, 5) is 20.3. The molecule has 21 heavy (non-hydrogen) atoms. The Labute approximate surface area is 127 Å². The van der Waals surface area contributed by atoms with Gasteiger partial charge in [0.15, 0.2) is 5.65 Å². The first-order valence-electron chi connectivity index (χ1n) is 6.73. The fourth-order valence-electron chi connectivity index (χ4n) is 2.47. The maximum atomic E-state index is 11.6. The maximum Gasteiger partial charge on any atom is 0.219 e. The van der Waals surface area contributed by atoms with Crippen LogP contribution in [0.1, 0.15) is 18.3 Å². The zero-order valence-corrected chi connectivity index (χ0v) is 12.6. The third-order valence-electron chi connectivity index (χ3n) is 3.53. The number of fused-ring (bicyclic) bond motifs is 1. The molecular weight excluding hydrogens is 286 g/mol. The number of carbonyl (C=O) groups excluding carboxylic acids is 1. The Morgan fingerprint density at radius 2 is 2.19 bits per heavy atom. The molecule has 0 unspecified atom stereocenters. The molecule has 0 atom stereocenters. The van der Waals surface area contributed by atoms with Crippen LogP contribution in [0.2, 0.25) is 5.02 Å². The van der Waals surface area contributed by atoms with Crippen LogP contribution in [0.5, 0.6) is 0 Å². The van der Waals surface area contributed by atoms with Crippen molar-refractivity contribution in [1.29, 1.82) is 0 Å². The first-order chi connectivity index (χ1) is 10.2. The number of hydrogen-bond acceptors (Lipinski definition) is 3. The first-order valence-corrected chi connectivity index (χ1v) is 7.11. The van der Waals surface area contributed by atoms with Gasteiger partial charge < -0.3 is 0 Å². The standard InChI is InChI=1S/C16H14ClN3O/c1-3-14-18-8-11-7-13(20(9-21)16(11)19-14)15-10(2)5-4-6-12(15)17/h4-9H,3H2,1-2H3. The number of aryl methyl sites for hydroxylation is 2. The van der Waals surface area contributed by atoms with Gasteiger partial charge in [-0.3, -0.25) is 9.36 Å². The Morgan fingerprint density at radius 1 is 1.38 bits per heavy atom. The molecule has 0 saturated heterocycles. The molecule has 0 spiro atoms. The summed E-state index contributed by atoms with van der Waals surface area (Å²) in [5.74, 6) is 0.714. The van der Waals surface area contributed by atoms with Crippen molar-refractivity contribution in [2.45, 2.75) is 20.3 Å². The van der Waals surface area contributed by atoms with Gasteiger partial charge in [0.25, 0.3) is 0 Å². The van der Waals surface area contributed by atoms with Crippen LogP contribution in [0.4, 0.5) is 0 Å². The van der Waals surface area contributed by atoms with E-state index >= 15 is 0 Å². The molecule has 2 aromatic heterocycles. The summed E-state index contributed by atoms with van der Waals surface area (Å²) in [6.07, 6.45) is 3.24. The molecule has 4 nitrogen and oxygen atoms in total. The molecular formula is C16H14ClN3O. The summed E-state index contributed by atoms with van der Waals surface area (Å²) in [5.41, 5.74) is 3.22. The van der Waals surface area contributed by atoms with Crippen LogP contribution in [0.3, 0.4) is 0 Å². The lowest BCUT2D eigenvalue weighted by Gasteiger charge is -2.08. The molecule has 2 heterocycles. The first kappa shape index (κ1) is 13.8. The van der Waals surface area contributed by atoms with E-state index in [0.717, 1.165) is 35.0 Å². The highest BCUT2D eigenvalue weighted by Crippen LogP contribution is 2.33. The molecule has 0 fully saturated rings. The molecule has 0 aliphatic rings. The third-order valence-corrected chi connectivity index (χ3v) is 3.84. The van der Waals surface area contributed by atoms with Gasteiger partial charge in [-0.15, -0.1) is 0 Å². The van der Waals surface area contributed by atoms with Gasteiger partial charge in [0.1, 0.15) is 5.82 Å². The van der Waals surface area contributed by atoms with E-state index in [4.69, 9.17) is 11.6 Å². The topological polar surface area (TPSA) is 47.8 Å². The van der Waals surface area contributed by atoms with Crippen molar-refractivity contribution in [1.82, 2.24) is 14.5 Å². The summed E-state index contributed by atoms with van der Waals surface area (Å²) < 4.78 is 1.53. The van der Waals surface area contributed by atoms with Crippen molar-refractivity contribution < 1.29 is 4.79 Å². The summed E-state index contributed by atoms with van der Waals surface area (Å²) in [7, 11) is 0. The molecule has 0 amide bonds. The number of hydrogen-bond donors (Lipinski definition) is 0. The van der Waals surface area contributed by atoms with Gasteiger partial charge in [0, 0.05) is 23.6 Å². The normalized spacial score (nSPS) is 11.0. The summed E-state index contributed by atoms with van der Waals surface area (Å²) in [6.45, 7) is 3.95. The van der Waals surface area contributed by atoms with E-state index in [-0.39, 0.29) is 0 Å². The second-order valence-electron chi connectivity index (χ2n) is 4.86. The van der Waals surface area contributed by atoms with Gasteiger partial charge in [0.2, 0.25) is 6.41 Å². The van der Waals surface area contributed by atoms with E-state index in [1.807, 2.05) is 38.1 Å². The van der Waals surface area contributed by atoms with Crippen molar-refractivity contribution in [3.05, 3.63) is 46.9 Å². The second kappa shape index (κ2) is 5.30. The highest BCUT2D eigenvalue weighted by molar-refractivity contribution is 6.33. The molecule has 3 rings (SSSR count). The molecule has 1 aromatic carbocycles. The molecule has 0 N–H and O–H groups in total. The minimum atomic E-state index is 0.615. The Hall–Kier alpha value is -2.20. The number of aromatic nitrogens is 3. The Bertz CT molecular complexity index is 819. The zero-order chi connectivity index (χ0) is 15.0. The number of benzene rings is 1. The Morgan fingerprint density at radius 3 is 2.86 bits per heavy atom. The Kier molecular flexibility index (Phi) is 3.47. The van der Waals surface area contributed by atoms with Crippen LogP contribution in [0, 0.1) is 6.92 Å². The number of carbonyl (C=O) groups is 1. The van der Waals surface area contributed by atoms with Gasteiger partial charge in [-0.05, 0) is 24.6 Å². The van der Waals surface area contributed by atoms with Crippen molar-refractivity contribution in [3.8, 4) is 11.3 Å². The molecule has 5 heteroatoms. The van der Waals surface area contributed by atoms with E-state index in [1.165, 1.54) is 4.57 Å². The van der Waals surface area contributed by atoms with Gasteiger partial charge in [0.05, 0.1) is 10.7 Å². The molecule has 3 aromatic rings. The van der Waals surface area contributed by atoms with E-state index in [1.54, 1.807) is 6.20 Å². The van der Waals surface area contributed by atoms with Gasteiger partial charge in [-0.1, -0.05) is 30.7 Å². The molecule has 0 saturated carbocycles. The lowest BCUT2D eigenvalue weighted by molar-refractivity contribution is 0.549. The molecule has 0 aliphatic heterocycles. The summed E-state index contributed by atoms with van der Waals surface area (Å²) in [6, 6.07) is 7.58. The fourth-order valence-corrected chi connectivity index (χ4v) is 2.79. The van der Waals surface area contributed by atoms with E-state index in [0.29, 0.717) is 16.5 Å². The lowest BCUT2D eigenvalue weighted by Crippen LogP contribution is -2.02. The molecule has 0 bridgehead atoms. The molecule has 106 valence electrons. The number of rotatable bonds is 3. The van der Waals surface area contributed by atoms with Crippen molar-refractivity contribution in [2.24, 2.45) is 0 Å². The minimum absolute atomic E-state index is 0.615. The van der Waals surface area contributed by atoms with Crippen LogP contribution in [-0.4, -0.2) is 20.9 Å². The molecule has 0 aliphatic carbocycles. The zero-order valence-electron chi connectivity index (χ0n) is 11.8. The number of halogens is 1. The smallest absolute Gasteiger partial charge is 0.219 e. The average Bonchev–Trinajstić information content (AvgIpc) is 2.84. The van der Waals surface area contributed by atoms with E-state index < -0.39 is 0 Å². The largest absolute Gasteiger partial charge is 0.278 e. The molecule has 0 radical (unpaired) electrons. The van der Waals surface area contributed by atoms with Crippen molar-refractivity contribution >= 4 is 29.0 Å². The fraction of sp³-hybridized carbons (Fsp3) is 0.188. The van der Waals surface area contributed by atoms with E-state index in [9.17, 15) is 4.79 Å². The third kappa shape index (κ3) is 2.21.